The largest absolute Gasteiger partial charge is 0.489 e. The Morgan fingerprint density at radius 3 is 2.60 bits per heavy atom. The molecule has 0 heterocycles. The van der Waals surface area contributed by atoms with Gasteiger partial charge in [-0.05, 0) is 42.2 Å². The molecule has 2 aromatic rings. The summed E-state index contributed by atoms with van der Waals surface area (Å²) in [5.41, 5.74) is 2.37. The number of Topliss-reactive ketones (excluding diaryl/α,β-unsaturated/α-hetero) is 2. The van der Waals surface area contributed by atoms with Crippen LogP contribution in [0.2, 0.25) is 0 Å². The number of esters is 1. The Balaban J connectivity index is 1.73. The summed E-state index contributed by atoms with van der Waals surface area (Å²) in [7, 11) is 1.14. The Morgan fingerprint density at radius 2 is 1.88 bits per heavy atom. The molecular formula is C20H18O5. The van der Waals surface area contributed by atoms with Gasteiger partial charge in [0.15, 0.2) is 5.78 Å². The molecule has 1 aliphatic carbocycles. The second-order valence-corrected chi connectivity index (χ2v) is 5.90. The van der Waals surface area contributed by atoms with Crippen molar-refractivity contribution in [3.05, 3.63) is 65.2 Å². The minimum atomic E-state index is -0.968. The zero-order valence-corrected chi connectivity index (χ0v) is 13.9. The van der Waals surface area contributed by atoms with Gasteiger partial charge < -0.3 is 9.47 Å². The molecule has 25 heavy (non-hydrogen) atoms. The molecule has 3 rings (SSSR count). The molecule has 0 spiro atoms. The molecule has 0 radical (unpaired) electrons. The number of carbonyl (C=O) groups excluding carboxylic acids is 3. The van der Waals surface area contributed by atoms with Crippen LogP contribution in [0.1, 0.15) is 27.9 Å². The van der Waals surface area contributed by atoms with Gasteiger partial charge in [-0.25, -0.2) is 4.79 Å². The molecule has 128 valence electrons. The molecule has 0 saturated carbocycles. The topological polar surface area (TPSA) is 69.7 Å². The Hall–Kier alpha value is -2.95. The van der Waals surface area contributed by atoms with Crippen molar-refractivity contribution in [3.8, 4) is 5.75 Å². The van der Waals surface area contributed by atoms with Crippen LogP contribution in [-0.4, -0.2) is 24.6 Å². The normalized spacial score (nSPS) is 16.0. The third kappa shape index (κ3) is 3.60. The number of aryl methyl sites for hydroxylation is 1. The van der Waals surface area contributed by atoms with Crippen LogP contribution in [0.25, 0.3) is 0 Å². The number of fused-ring (bicyclic) bond motifs is 1. The van der Waals surface area contributed by atoms with Crippen molar-refractivity contribution < 1.29 is 23.9 Å². The number of benzene rings is 2. The standard InChI is InChI=1S/C20H18O5/c1-24-20(23)19(22)17-9-7-14-11-15(8-10-16(14)18(17)21)25-12-13-5-3-2-4-6-13/h2-6,8,10-11,17H,7,9,12H2,1H3. The van der Waals surface area contributed by atoms with E-state index >= 15 is 0 Å². The minimum absolute atomic E-state index is 0.307. The fourth-order valence-electron chi connectivity index (χ4n) is 2.96. The van der Waals surface area contributed by atoms with Crippen LogP contribution in [0.3, 0.4) is 0 Å². The first-order chi connectivity index (χ1) is 12.1. The molecule has 5 heteroatoms. The van der Waals surface area contributed by atoms with E-state index in [1.54, 1.807) is 12.1 Å². The predicted octanol–water partition coefficient (Wildman–Crippen LogP) is 2.75. The predicted molar refractivity (Wildman–Crippen MR) is 90.4 cm³/mol. The fraction of sp³-hybridized carbons (Fsp3) is 0.250. The molecule has 1 aliphatic rings. The lowest BCUT2D eigenvalue weighted by atomic mass is 9.80. The lowest BCUT2D eigenvalue weighted by molar-refractivity contribution is -0.153. The third-order valence-electron chi connectivity index (χ3n) is 4.31. The molecule has 0 bridgehead atoms. The summed E-state index contributed by atoms with van der Waals surface area (Å²) < 4.78 is 10.2. The highest BCUT2D eigenvalue weighted by Crippen LogP contribution is 2.29. The van der Waals surface area contributed by atoms with Crippen molar-refractivity contribution >= 4 is 17.5 Å². The third-order valence-corrected chi connectivity index (χ3v) is 4.31. The number of carbonyl (C=O) groups is 3. The summed E-state index contributed by atoms with van der Waals surface area (Å²) in [6, 6.07) is 15.0. The van der Waals surface area contributed by atoms with E-state index in [-0.39, 0.29) is 5.78 Å². The summed E-state index contributed by atoms with van der Waals surface area (Å²) >= 11 is 0. The number of hydrogen-bond donors (Lipinski definition) is 0. The molecule has 0 aromatic heterocycles. The highest BCUT2D eigenvalue weighted by Gasteiger charge is 2.36. The van der Waals surface area contributed by atoms with Crippen LogP contribution >= 0.6 is 0 Å². The zero-order chi connectivity index (χ0) is 17.8. The first-order valence-corrected chi connectivity index (χ1v) is 8.06. The van der Waals surface area contributed by atoms with Gasteiger partial charge >= 0.3 is 5.97 Å². The molecule has 1 unspecified atom stereocenters. The summed E-state index contributed by atoms with van der Waals surface area (Å²) in [6.07, 6.45) is 0.846. The van der Waals surface area contributed by atoms with Gasteiger partial charge in [0.2, 0.25) is 0 Å². The number of ether oxygens (including phenoxy) is 2. The second-order valence-electron chi connectivity index (χ2n) is 5.90. The van der Waals surface area contributed by atoms with Gasteiger partial charge in [0.25, 0.3) is 5.78 Å². The average Bonchev–Trinajstić information content (AvgIpc) is 2.66. The van der Waals surface area contributed by atoms with E-state index < -0.39 is 17.7 Å². The first-order valence-electron chi connectivity index (χ1n) is 8.06. The second kappa shape index (κ2) is 7.30. The maximum absolute atomic E-state index is 12.5. The van der Waals surface area contributed by atoms with E-state index in [4.69, 9.17) is 4.74 Å². The van der Waals surface area contributed by atoms with E-state index in [1.165, 1.54) is 0 Å². The summed E-state index contributed by atoms with van der Waals surface area (Å²) in [5, 5.41) is 0. The number of rotatable bonds is 5. The summed E-state index contributed by atoms with van der Waals surface area (Å²) in [5.74, 6) is -2.34. The van der Waals surface area contributed by atoms with E-state index in [2.05, 4.69) is 4.74 Å². The van der Waals surface area contributed by atoms with Crippen LogP contribution in [0.15, 0.2) is 48.5 Å². The highest BCUT2D eigenvalue weighted by molar-refractivity contribution is 6.39. The number of ketones is 2. The molecule has 1 atom stereocenters. The molecule has 0 amide bonds. The van der Waals surface area contributed by atoms with Crippen LogP contribution in [-0.2, 0) is 27.4 Å². The van der Waals surface area contributed by atoms with E-state index in [1.807, 2.05) is 36.4 Å². The molecule has 0 N–H and O–H groups in total. The van der Waals surface area contributed by atoms with Crippen LogP contribution in [0, 0.1) is 5.92 Å². The average molecular weight is 338 g/mol. The molecule has 2 aromatic carbocycles. The Labute approximate surface area is 145 Å². The SMILES string of the molecule is COC(=O)C(=O)C1CCc2cc(OCc3ccccc3)ccc2C1=O. The van der Waals surface area contributed by atoms with Gasteiger partial charge in [0, 0.05) is 5.56 Å². The monoisotopic (exact) mass is 338 g/mol. The van der Waals surface area contributed by atoms with Crippen molar-refractivity contribution in [1.82, 2.24) is 0 Å². The van der Waals surface area contributed by atoms with Crippen LogP contribution in [0.4, 0.5) is 0 Å². The van der Waals surface area contributed by atoms with Gasteiger partial charge in [0.05, 0.1) is 13.0 Å². The minimum Gasteiger partial charge on any atom is -0.489 e. The number of methoxy groups -OCH3 is 1. The van der Waals surface area contributed by atoms with Crippen LogP contribution in [0.5, 0.6) is 5.75 Å². The Bertz CT molecular complexity index is 810. The summed E-state index contributed by atoms with van der Waals surface area (Å²) in [6.45, 7) is 0.441. The molecular weight excluding hydrogens is 320 g/mol. The highest BCUT2D eigenvalue weighted by atomic mass is 16.5. The Morgan fingerprint density at radius 1 is 1.12 bits per heavy atom. The van der Waals surface area contributed by atoms with Crippen molar-refractivity contribution in [2.45, 2.75) is 19.4 Å². The summed E-state index contributed by atoms with van der Waals surface area (Å²) in [4.78, 5) is 35.9. The molecule has 5 nitrogen and oxygen atoms in total. The van der Waals surface area contributed by atoms with E-state index in [9.17, 15) is 14.4 Å². The van der Waals surface area contributed by atoms with E-state index in [0.717, 1.165) is 18.2 Å². The molecule has 0 fully saturated rings. The van der Waals surface area contributed by atoms with Gasteiger partial charge in [0.1, 0.15) is 12.4 Å². The van der Waals surface area contributed by atoms with Crippen molar-refractivity contribution in [3.63, 3.8) is 0 Å². The van der Waals surface area contributed by atoms with Gasteiger partial charge in [-0.1, -0.05) is 30.3 Å². The first kappa shape index (κ1) is 16.9. The molecule has 0 saturated heterocycles. The van der Waals surface area contributed by atoms with Gasteiger partial charge in [-0.3, -0.25) is 9.59 Å². The quantitative estimate of drug-likeness (QED) is 0.476. The lowest BCUT2D eigenvalue weighted by Gasteiger charge is -2.22. The van der Waals surface area contributed by atoms with Crippen LogP contribution < -0.4 is 4.74 Å². The van der Waals surface area contributed by atoms with E-state index in [0.29, 0.717) is 30.8 Å². The maximum Gasteiger partial charge on any atom is 0.375 e. The maximum atomic E-state index is 12.5. The van der Waals surface area contributed by atoms with Crippen molar-refractivity contribution in [2.24, 2.45) is 5.92 Å². The lowest BCUT2D eigenvalue weighted by Crippen LogP contribution is -2.34. The number of hydrogen-bond acceptors (Lipinski definition) is 5. The van der Waals surface area contributed by atoms with Gasteiger partial charge in [-0.15, -0.1) is 0 Å². The molecule has 0 aliphatic heterocycles. The Kier molecular flexibility index (Phi) is 4.93. The fourth-order valence-corrected chi connectivity index (χ4v) is 2.96. The zero-order valence-electron chi connectivity index (χ0n) is 13.9. The smallest absolute Gasteiger partial charge is 0.375 e. The van der Waals surface area contributed by atoms with Gasteiger partial charge in [-0.2, -0.15) is 0 Å². The van der Waals surface area contributed by atoms with Crippen molar-refractivity contribution in [2.75, 3.05) is 7.11 Å². The van der Waals surface area contributed by atoms with Crippen molar-refractivity contribution in [1.29, 1.82) is 0 Å².